The molecule has 0 radical (unpaired) electrons. The van der Waals surface area contributed by atoms with Gasteiger partial charge in [0.1, 0.15) is 6.20 Å². The van der Waals surface area contributed by atoms with Gasteiger partial charge in [0.15, 0.2) is 5.13 Å². The van der Waals surface area contributed by atoms with Gasteiger partial charge >= 0.3 is 16.9 Å². The van der Waals surface area contributed by atoms with Crippen LogP contribution in [0.25, 0.3) is 0 Å². The van der Waals surface area contributed by atoms with Gasteiger partial charge in [-0.15, -0.1) is 0 Å². The summed E-state index contributed by atoms with van der Waals surface area (Å²) in [6, 6.07) is 0. The van der Waals surface area contributed by atoms with Crippen molar-refractivity contribution in [3.05, 3.63) is 16.3 Å². The molecule has 0 bridgehead atoms. The molecule has 0 saturated carbocycles. The lowest BCUT2D eigenvalue weighted by atomic mass is 10.6. The van der Waals surface area contributed by atoms with Gasteiger partial charge in [0.2, 0.25) is 0 Å². The van der Waals surface area contributed by atoms with E-state index >= 15 is 0 Å². The number of esters is 1. The summed E-state index contributed by atoms with van der Waals surface area (Å²) in [7, 11) is 0. The minimum Gasteiger partial charge on any atom is -0.459 e. The van der Waals surface area contributed by atoms with Crippen molar-refractivity contribution in [3.8, 4) is 0 Å². The molecular formula is C7H7N3O5S. The number of anilines is 1. The van der Waals surface area contributed by atoms with Crippen LogP contribution in [-0.2, 0) is 14.3 Å². The number of hydrogen-bond acceptors (Lipinski definition) is 7. The van der Waals surface area contributed by atoms with Crippen LogP contribution in [0.4, 0.5) is 10.1 Å². The number of nitrogens with one attached hydrogen (secondary N) is 1. The fourth-order valence-electron chi connectivity index (χ4n) is 0.753. The first-order valence-electron chi connectivity index (χ1n) is 4.13. The van der Waals surface area contributed by atoms with Crippen molar-refractivity contribution in [2.75, 3.05) is 11.9 Å². The first kappa shape index (κ1) is 12.0. The Bertz CT molecular complexity index is 429. The molecule has 0 aromatic carbocycles. The van der Waals surface area contributed by atoms with Crippen LogP contribution in [0.5, 0.6) is 0 Å². The van der Waals surface area contributed by atoms with Gasteiger partial charge in [-0.25, -0.2) is 9.78 Å². The van der Waals surface area contributed by atoms with Crippen molar-refractivity contribution in [1.29, 1.82) is 0 Å². The topological polar surface area (TPSA) is 111 Å². The van der Waals surface area contributed by atoms with Crippen molar-refractivity contribution in [3.63, 3.8) is 0 Å². The van der Waals surface area contributed by atoms with Crippen molar-refractivity contribution in [2.45, 2.75) is 6.92 Å². The molecule has 0 aliphatic rings. The zero-order valence-electron chi connectivity index (χ0n) is 8.13. The molecule has 1 rings (SSSR count). The van der Waals surface area contributed by atoms with Gasteiger partial charge < -0.3 is 4.74 Å². The summed E-state index contributed by atoms with van der Waals surface area (Å²) >= 11 is 0.655. The maximum absolute atomic E-state index is 11.1. The van der Waals surface area contributed by atoms with Gasteiger partial charge in [-0.1, -0.05) is 0 Å². The lowest BCUT2D eigenvalue weighted by Crippen LogP contribution is -2.24. The van der Waals surface area contributed by atoms with E-state index in [1.165, 1.54) is 0 Å². The van der Waals surface area contributed by atoms with E-state index in [0.29, 0.717) is 11.3 Å². The fraction of sp³-hybridized carbons (Fsp3) is 0.286. The Morgan fingerprint density at radius 3 is 2.88 bits per heavy atom. The number of carbonyl (C=O) groups excluding carboxylic acids is 2. The molecule has 1 amide bonds. The van der Waals surface area contributed by atoms with Gasteiger partial charge in [0.25, 0.3) is 0 Å². The van der Waals surface area contributed by atoms with Crippen LogP contribution in [0.2, 0.25) is 0 Å². The zero-order valence-corrected chi connectivity index (χ0v) is 8.94. The van der Waals surface area contributed by atoms with Gasteiger partial charge in [0.05, 0.1) is 11.5 Å². The van der Waals surface area contributed by atoms with Crippen LogP contribution in [0.15, 0.2) is 6.20 Å². The van der Waals surface area contributed by atoms with E-state index in [9.17, 15) is 19.7 Å². The number of nitrogens with zero attached hydrogens (tertiary/aromatic N) is 2. The van der Waals surface area contributed by atoms with Gasteiger partial charge in [-0.05, 0) is 18.3 Å². The maximum Gasteiger partial charge on any atom is 0.397 e. The van der Waals surface area contributed by atoms with Crippen molar-refractivity contribution >= 4 is 33.3 Å². The first-order valence-corrected chi connectivity index (χ1v) is 4.94. The Morgan fingerprint density at radius 2 is 2.38 bits per heavy atom. The third kappa shape index (κ3) is 2.98. The van der Waals surface area contributed by atoms with Crippen molar-refractivity contribution in [2.24, 2.45) is 0 Å². The molecular weight excluding hydrogens is 238 g/mol. The zero-order chi connectivity index (χ0) is 12.1. The molecule has 8 nitrogen and oxygen atoms in total. The third-order valence-corrected chi connectivity index (χ3v) is 2.22. The van der Waals surface area contributed by atoms with Crippen LogP contribution in [-0.4, -0.2) is 28.4 Å². The average Bonchev–Trinajstić information content (AvgIpc) is 2.66. The second-order valence-electron chi connectivity index (χ2n) is 2.44. The molecule has 1 N–H and O–H groups in total. The number of amides is 1. The molecule has 0 unspecified atom stereocenters. The second kappa shape index (κ2) is 5.16. The van der Waals surface area contributed by atoms with E-state index in [4.69, 9.17) is 0 Å². The molecule has 9 heteroatoms. The Kier molecular flexibility index (Phi) is 3.89. The summed E-state index contributed by atoms with van der Waals surface area (Å²) in [6.45, 7) is 1.63. The minimum atomic E-state index is -1.06. The van der Waals surface area contributed by atoms with Gasteiger partial charge in [-0.3, -0.25) is 20.2 Å². The van der Waals surface area contributed by atoms with Crippen LogP contribution >= 0.6 is 11.3 Å². The molecule has 0 saturated heterocycles. The number of ether oxygens (including phenoxy) is 1. The van der Waals surface area contributed by atoms with Crippen LogP contribution in [0.3, 0.4) is 0 Å². The molecule has 0 fully saturated rings. The molecule has 0 aliphatic carbocycles. The summed E-state index contributed by atoms with van der Waals surface area (Å²) in [5.41, 5.74) is 0. The lowest BCUT2D eigenvalue weighted by Gasteiger charge is -1.99. The van der Waals surface area contributed by atoms with E-state index in [1.807, 2.05) is 0 Å². The third-order valence-electron chi connectivity index (χ3n) is 1.35. The van der Waals surface area contributed by atoms with E-state index in [-0.39, 0.29) is 16.7 Å². The van der Waals surface area contributed by atoms with E-state index in [0.717, 1.165) is 6.20 Å². The van der Waals surface area contributed by atoms with Crippen molar-refractivity contribution in [1.82, 2.24) is 4.98 Å². The highest BCUT2D eigenvalue weighted by atomic mass is 32.1. The summed E-state index contributed by atoms with van der Waals surface area (Å²) < 4.78 is 4.42. The van der Waals surface area contributed by atoms with Crippen LogP contribution in [0, 0.1) is 10.1 Å². The number of hydrogen-bond donors (Lipinski definition) is 1. The summed E-state index contributed by atoms with van der Waals surface area (Å²) in [5.74, 6) is -2.06. The fourth-order valence-corrected chi connectivity index (χ4v) is 1.38. The normalized spacial score (nSPS) is 9.56. The SMILES string of the molecule is CCOC(=O)C(=O)Nc1ncc([N+](=O)[O-])s1. The minimum absolute atomic E-state index is 0.0234. The van der Waals surface area contributed by atoms with E-state index in [2.05, 4.69) is 15.0 Å². The molecule has 0 aliphatic heterocycles. The highest BCUT2D eigenvalue weighted by Crippen LogP contribution is 2.24. The molecule has 86 valence electrons. The summed E-state index contributed by atoms with van der Waals surface area (Å²) in [5, 5.41) is 12.2. The van der Waals surface area contributed by atoms with Crippen molar-refractivity contribution < 1.29 is 19.2 Å². The maximum atomic E-state index is 11.1. The number of rotatable bonds is 3. The number of carbonyl (C=O) groups is 2. The highest BCUT2D eigenvalue weighted by molar-refractivity contribution is 7.18. The molecule has 0 atom stereocenters. The Hall–Kier alpha value is -2.03. The van der Waals surface area contributed by atoms with Crippen LogP contribution in [0.1, 0.15) is 6.92 Å². The molecule has 16 heavy (non-hydrogen) atoms. The van der Waals surface area contributed by atoms with E-state index in [1.54, 1.807) is 6.92 Å². The summed E-state index contributed by atoms with van der Waals surface area (Å²) in [6.07, 6.45) is 0.992. The number of thiazole rings is 1. The Labute approximate surface area is 93.4 Å². The van der Waals surface area contributed by atoms with E-state index < -0.39 is 16.8 Å². The predicted molar refractivity (Wildman–Crippen MR) is 54.0 cm³/mol. The smallest absolute Gasteiger partial charge is 0.397 e. The molecule has 1 heterocycles. The Morgan fingerprint density at radius 1 is 1.69 bits per heavy atom. The molecule has 0 spiro atoms. The number of nitro groups is 1. The van der Waals surface area contributed by atoms with Gasteiger partial charge in [0, 0.05) is 0 Å². The highest BCUT2D eigenvalue weighted by Gasteiger charge is 2.18. The molecule has 1 aromatic heterocycles. The largest absolute Gasteiger partial charge is 0.459 e. The predicted octanol–water partition coefficient (Wildman–Crippen LogP) is 0.553. The summed E-state index contributed by atoms with van der Waals surface area (Å²) in [4.78, 5) is 35.2. The standard InChI is InChI=1S/C7H7N3O5S/c1-2-15-6(12)5(11)9-7-8-3-4(16-7)10(13)14/h3H,2H2,1H3,(H,8,9,11). The second-order valence-corrected chi connectivity index (χ2v) is 3.44. The first-order chi connectivity index (χ1) is 7.54. The number of aromatic nitrogens is 1. The monoisotopic (exact) mass is 245 g/mol. The lowest BCUT2D eigenvalue weighted by molar-refractivity contribution is -0.380. The average molecular weight is 245 g/mol. The van der Waals surface area contributed by atoms with Gasteiger partial charge in [-0.2, -0.15) is 0 Å². The molecule has 1 aromatic rings. The van der Waals surface area contributed by atoms with Crippen LogP contribution < -0.4 is 5.32 Å². The Balaban J connectivity index is 2.63. The quantitative estimate of drug-likeness (QED) is 0.360.